The quantitative estimate of drug-likeness (QED) is 0.539. The van der Waals surface area contributed by atoms with E-state index in [0.717, 1.165) is 37.4 Å². The van der Waals surface area contributed by atoms with Gasteiger partial charge in [0.05, 0.1) is 6.61 Å². The Hall–Kier alpha value is -1.32. The summed E-state index contributed by atoms with van der Waals surface area (Å²) < 4.78 is 10.7. The van der Waals surface area contributed by atoms with Gasteiger partial charge in [0.25, 0.3) is 0 Å². The summed E-state index contributed by atoms with van der Waals surface area (Å²) in [5, 5.41) is 3.31. The van der Waals surface area contributed by atoms with Crippen molar-refractivity contribution in [1.82, 2.24) is 5.32 Å². The van der Waals surface area contributed by atoms with Gasteiger partial charge in [0.1, 0.15) is 12.4 Å². The van der Waals surface area contributed by atoms with Gasteiger partial charge in [-0.25, -0.2) is 0 Å². The summed E-state index contributed by atoms with van der Waals surface area (Å²) in [6.45, 7) is 9.02. The molecule has 0 radical (unpaired) electrons. The molecule has 0 saturated carbocycles. The molecule has 1 rings (SSSR count). The van der Waals surface area contributed by atoms with E-state index in [1.54, 1.807) is 7.11 Å². The van der Waals surface area contributed by atoms with Crippen LogP contribution in [0.25, 0.3) is 0 Å². The molecule has 0 aliphatic heterocycles. The zero-order valence-corrected chi connectivity index (χ0v) is 11.4. The summed E-state index contributed by atoms with van der Waals surface area (Å²) in [5.74, 6) is 0.899. The minimum atomic E-state index is 0.594. The molecule has 0 saturated heterocycles. The zero-order chi connectivity index (χ0) is 13.2. The van der Waals surface area contributed by atoms with Crippen molar-refractivity contribution >= 4 is 0 Å². The van der Waals surface area contributed by atoms with Gasteiger partial charge in [-0.1, -0.05) is 25.6 Å². The summed E-state index contributed by atoms with van der Waals surface area (Å²) >= 11 is 0. The average Bonchev–Trinajstić information content (AvgIpc) is 2.41. The van der Waals surface area contributed by atoms with Gasteiger partial charge in [0, 0.05) is 20.2 Å². The van der Waals surface area contributed by atoms with Gasteiger partial charge in [0.2, 0.25) is 0 Å². The topological polar surface area (TPSA) is 30.5 Å². The highest BCUT2D eigenvalue weighted by Gasteiger charge is 1.98. The van der Waals surface area contributed by atoms with Crippen LogP contribution in [-0.4, -0.2) is 26.9 Å². The molecule has 1 aromatic rings. The second-order valence-electron chi connectivity index (χ2n) is 4.21. The monoisotopic (exact) mass is 249 g/mol. The van der Waals surface area contributed by atoms with Crippen LogP contribution in [0.1, 0.15) is 18.9 Å². The molecule has 0 bridgehead atoms. The maximum atomic E-state index is 5.67. The largest absolute Gasteiger partial charge is 0.489 e. The SMILES string of the molecule is C=C(CC)COc1cccc(CNCCOC)c1. The van der Waals surface area contributed by atoms with Crippen LogP contribution >= 0.6 is 0 Å². The van der Waals surface area contributed by atoms with Crippen molar-refractivity contribution in [1.29, 1.82) is 0 Å². The highest BCUT2D eigenvalue weighted by atomic mass is 16.5. The normalized spacial score (nSPS) is 10.3. The number of ether oxygens (including phenoxy) is 2. The smallest absolute Gasteiger partial charge is 0.120 e. The van der Waals surface area contributed by atoms with Crippen LogP contribution in [0.5, 0.6) is 5.75 Å². The summed E-state index contributed by atoms with van der Waals surface area (Å²) in [4.78, 5) is 0. The number of rotatable bonds is 9. The van der Waals surface area contributed by atoms with Gasteiger partial charge < -0.3 is 14.8 Å². The van der Waals surface area contributed by atoms with Crippen molar-refractivity contribution in [2.24, 2.45) is 0 Å². The third-order valence-electron chi connectivity index (χ3n) is 2.65. The predicted octanol–water partition coefficient (Wildman–Crippen LogP) is 2.77. The van der Waals surface area contributed by atoms with E-state index in [2.05, 4.69) is 31.0 Å². The first-order valence-corrected chi connectivity index (χ1v) is 6.34. The molecular formula is C15H23NO2. The fourth-order valence-corrected chi connectivity index (χ4v) is 1.44. The van der Waals surface area contributed by atoms with Crippen molar-refractivity contribution < 1.29 is 9.47 Å². The molecule has 3 nitrogen and oxygen atoms in total. The molecule has 0 aliphatic carbocycles. The number of hydrogen-bond donors (Lipinski definition) is 1. The lowest BCUT2D eigenvalue weighted by Gasteiger charge is -2.09. The summed E-state index contributed by atoms with van der Waals surface area (Å²) in [6.07, 6.45) is 0.957. The Morgan fingerprint density at radius 2 is 2.22 bits per heavy atom. The lowest BCUT2D eigenvalue weighted by molar-refractivity contribution is 0.199. The summed E-state index contributed by atoms with van der Waals surface area (Å²) in [5.41, 5.74) is 2.32. The Balaban J connectivity index is 2.39. The standard InChI is InChI=1S/C15H23NO2/c1-4-13(2)12-18-15-7-5-6-14(10-15)11-16-8-9-17-3/h5-7,10,16H,2,4,8-9,11-12H2,1,3H3. The maximum Gasteiger partial charge on any atom is 0.120 e. The van der Waals surface area contributed by atoms with E-state index in [1.807, 2.05) is 12.1 Å². The molecule has 0 unspecified atom stereocenters. The van der Waals surface area contributed by atoms with Gasteiger partial charge in [-0.15, -0.1) is 0 Å². The minimum Gasteiger partial charge on any atom is -0.489 e. The van der Waals surface area contributed by atoms with Crippen molar-refractivity contribution in [3.8, 4) is 5.75 Å². The molecule has 100 valence electrons. The highest BCUT2D eigenvalue weighted by Crippen LogP contribution is 2.14. The highest BCUT2D eigenvalue weighted by molar-refractivity contribution is 5.28. The Kier molecular flexibility index (Phi) is 7.14. The summed E-state index contributed by atoms with van der Waals surface area (Å²) in [6, 6.07) is 8.13. The van der Waals surface area contributed by atoms with Crippen molar-refractivity contribution in [3.63, 3.8) is 0 Å². The van der Waals surface area contributed by atoms with E-state index in [-0.39, 0.29) is 0 Å². The van der Waals surface area contributed by atoms with Crippen LogP contribution in [0, 0.1) is 0 Å². The fraction of sp³-hybridized carbons (Fsp3) is 0.467. The Labute approximate surface area is 110 Å². The Morgan fingerprint density at radius 1 is 1.39 bits per heavy atom. The summed E-state index contributed by atoms with van der Waals surface area (Å²) in [7, 11) is 1.71. The van der Waals surface area contributed by atoms with E-state index >= 15 is 0 Å². The lowest BCUT2D eigenvalue weighted by atomic mass is 10.2. The van der Waals surface area contributed by atoms with Crippen LogP contribution in [-0.2, 0) is 11.3 Å². The molecule has 0 aromatic heterocycles. The van der Waals surface area contributed by atoms with Gasteiger partial charge >= 0.3 is 0 Å². The molecule has 0 aliphatic rings. The van der Waals surface area contributed by atoms with Gasteiger partial charge in [-0.2, -0.15) is 0 Å². The van der Waals surface area contributed by atoms with E-state index in [9.17, 15) is 0 Å². The first-order chi connectivity index (χ1) is 8.76. The fourth-order valence-electron chi connectivity index (χ4n) is 1.44. The third kappa shape index (κ3) is 5.84. The molecule has 0 amide bonds. The maximum absolute atomic E-state index is 5.67. The van der Waals surface area contributed by atoms with E-state index < -0.39 is 0 Å². The zero-order valence-electron chi connectivity index (χ0n) is 11.4. The van der Waals surface area contributed by atoms with Gasteiger partial charge in [-0.05, 0) is 29.7 Å². The van der Waals surface area contributed by atoms with Gasteiger partial charge in [-0.3, -0.25) is 0 Å². The molecule has 0 atom stereocenters. The second-order valence-corrected chi connectivity index (χ2v) is 4.21. The van der Waals surface area contributed by atoms with Crippen molar-refractivity contribution in [2.45, 2.75) is 19.9 Å². The minimum absolute atomic E-state index is 0.594. The molecule has 0 heterocycles. The molecule has 1 aromatic carbocycles. The van der Waals surface area contributed by atoms with E-state index in [0.29, 0.717) is 6.61 Å². The molecule has 0 spiro atoms. The number of methoxy groups -OCH3 is 1. The number of hydrogen-bond acceptors (Lipinski definition) is 3. The third-order valence-corrected chi connectivity index (χ3v) is 2.65. The second kappa shape index (κ2) is 8.72. The molecule has 1 N–H and O–H groups in total. The first-order valence-electron chi connectivity index (χ1n) is 6.34. The molecule has 18 heavy (non-hydrogen) atoms. The van der Waals surface area contributed by atoms with Gasteiger partial charge in [0.15, 0.2) is 0 Å². The lowest BCUT2D eigenvalue weighted by Crippen LogP contribution is -2.18. The molecule has 3 heteroatoms. The Morgan fingerprint density at radius 3 is 2.94 bits per heavy atom. The van der Waals surface area contributed by atoms with E-state index in [4.69, 9.17) is 9.47 Å². The van der Waals surface area contributed by atoms with Crippen LogP contribution < -0.4 is 10.1 Å². The number of nitrogens with one attached hydrogen (secondary N) is 1. The average molecular weight is 249 g/mol. The molecule has 0 fully saturated rings. The molecular weight excluding hydrogens is 226 g/mol. The van der Waals surface area contributed by atoms with Crippen LogP contribution in [0.3, 0.4) is 0 Å². The van der Waals surface area contributed by atoms with E-state index in [1.165, 1.54) is 5.56 Å². The first kappa shape index (κ1) is 14.7. The van der Waals surface area contributed by atoms with Crippen LogP contribution in [0.15, 0.2) is 36.4 Å². The van der Waals surface area contributed by atoms with Crippen molar-refractivity contribution in [2.75, 3.05) is 26.9 Å². The number of benzene rings is 1. The predicted molar refractivity (Wildman–Crippen MR) is 75.0 cm³/mol. The Bertz CT molecular complexity index is 363. The van der Waals surface area contributed by atoms with Crippen LogP contribution in [0.2, 0.25) is 0 Å². The van der Waals surface area contributed by atoms with Crippen molar-refractivity contribution in [3.05, 3.63) is 42.0 Å². The van der Waals surface area contributed by atoms with Crippen LogP contribution in [0.4, 0.5) is 0 Å².